The van der Waals surface area contributed by atoms with Crippen molar-refractivity contribution < 1.29 is 14.6 Å². The van der Waals surface area contributed by atoms with Crippen LogP contribution in [0, 0.1) is 5.92 Å². The molecule has 1 N–H and O–H groups in total. The lowest BCUT2D eigenvalue weighted by molar-refractivity contribution is -0.122. The van der Waals surface area contributed by atoms with Crippen LogP contribution in [0.15, 0.2) is 50.8 Å². The van der Waals surface area contributed by atoms with Gasteiger partial charge >= 0.3 is 0 Å². The molecule has 0 radical (unpaired) electrons. The number of amidine groups is 1. The third-order valence-electron chi connectivity index (χ3n) is 4.15. The van der Waals surface area contributed by atoms with Gasteiger partial charge in [-0.3, -0.25) is 9.69 Å². The standard InChI is InChI=1S/C22H22BrClN2O3S/c1-4-29-19-9-14(17(23)11-18(19)27)10-20-21(28)26(12-13(2)3)22(30-20)25-16-7-5-15(24)6-8-16/h5-11,13,27H,4,12H2,1-3H3/b20-10-,25-22?. The van der Waals surface area contributed by atoms with E-state index in [0.29, 0.717) is 38.5 Å². The van der Waals surface area contributed by atoms with E-state index < -0.39 is 0 Å². The number of phenols is 1. The quantitative estimate of drug-likeness (QED) is 0.454. The van der Waals surface area contributed by atoms with Gasteiger partial charge in [-0.1, -0.05) is 41.4 Å². The van der Waals surface area contributed by atoms with E-state index in [-0.39, 0.29) is 17.6 Å². The summed E-state index contributed by atoms with van der Waals surface area (Å²) in [5, 5.41) is 11.3. The maximum absolute atomic E-state index is 13.1. The van der Waals surface area contributed by atoms with Crippen molar-refractivity contribution in [3.05, 3.63) is 56.4 Å². The highest BCUT2D eigenvalue weighted by molar-refractivity contribution is 9.10. The number of carbonyl (C=O) groups excluding carboxylic acids is 1. The lowest BCUT2D eigenvalue weighted by atomic mass is 10.1. The number of hydrogen-bond acceptors (Lipinski definition) is 5. The number of halogens is 2. The van der Waals surface area contributed by atoms with Crippen LogP contribution in [0.3, 0.4) is 0 Å². The summed E-state index contributed by atoms with van der Waals surface area (Å²) in [4.78, 5) is 20.1. The second-order valence-corrected chi connectivity index (χ2v) is 9.37. The van der Waals surface area contributed by atoms with Crippen LogP contribution in [0.5, 0.6) is 11.5 Å². The van der Waals surface area contributed by atoms with E-state index in [1.807, 2.05) is 19.1 Å². The minimum Gasteiger partial charge on any atom is -0.504 e. The largest absolute Gasteiger partial charge is 0.504 e. The van der Waals surface area contributed by atoms with Gasteiger partial charge < -0.3 is 9.84 Å². The average Bonchev–Trinajstić information content (AvgIpc) is 2.96. The zero-order valence-corrected chi connectivity index (χ0v) is 20.0. The van der Waals surface area contributed by atoms with E-state index in [4.69, 9.17) is 16.3 Å². The van der Waals surface area contributed by atoms with Gasteiger partial charge in [-0.25, -0.2) is 4.99 Å². The number of nitrogens with zero attached hydrogens (tertiary/aromatic N) is 2. The summed E-state index contributed by atoms with van der Waals surface area (Å²) in [6.07, 6.45) is 1.79. The second kappa shape index (κ2) is 9.90. The molecule has 30 heavy (non-hydrogen) atoms. The molecule has 1 amide bonds. The number of benzene rings is 2. The monoisotopic (exact) mass is 508 g/mol. The van der Waals surface area contributed by atoms with Gasteiger partial charge in [0, 0.05) is 16.0 Å². The van der Waals surface area contributed by atoms with E-state index in [1.54, 1.807) is 35.2 Å². The molecule has 1 fully saturated rings. The molecule has 8 heteroatoms. The first-order chi connectivity index (χ1) is 14.3. The fourth-order valence-electron chi connectivity index (χ4n) is 2.83. The summed E-state index contributed by atoms with van der Waals surface area (Å²) in [6.45, 7) is 6.96. The van der Waals surface area contributed by atoms with Crippen molar-refractivity contribution in [2.24, 2.45) is 10.9 Å². The highest BCUT2D eigenvalue weighted by Crippen LogP contribution is 2.38. The first-order valence-corrected chi connectivity index (χ1v) is 11.5. The molecule has 0 aromatic heterocycles. The Morgan fingerprint density at radius 1 is 1.30 bits per heavy atom. The summed E-state index contributed by atoms with van der Waals surface area (Å²) in [5.74, 6) is 0.605. The summed E-state index contributed by atoms with van der Waals surface area (Å²) in [6, 6.07) is 10.5. The molecule has 1 aliphatic rings. The smallest absolute Gasteiger partial charge is 0.266 e. The molecule has 1 saturated heterocycles. The van der Waals surface area contributed by atoms with E-state index in [0.717, 1.165) is 11.3 Å². The maximum atomic E-state index is 13.1. The molecule has 0 bridgehead atoms. The van der Waals surface area contributed by atoms with Gasteiger partial charge in [0.2, 0.25) is 0 Å². The molecule has 158 valence electrons. The number of phenolic OH excluding ortho intramolecular Hbond substituents is 1. The Kier molecular flexibility index (Phi) is 7.50. The van der Waals surface area contributed by atoms with Crippen molar-refractivity contribution >= 4 is 62.1 Å². The molecule has 2 aromatic carbocycles. The lowest BCUT2D eigenvalue weighted by Crippen LogP contribution is -2.32. The number of aliphatic imine (C=N–C) groups is 1. The SMILES string of the molecule is CCOc1cc(/C=C2\SC(=Nc3ccc(Cl)cc3)N(CC(C)C)C2=O)c(Br)cc1O. The number of ether oxygens (including phenoxy) is 1. The first kappa shape index (κ1) is 22.7. The van der Waals surface area contributed by atoms with Gasteiger partial charge in [0.15, 0.2) is 16.7 Å². The van der Waals surface area contributed by atoms with Crippen molar-refractivity contribution in [1.29, 1.82) is 0 Å². The minimum absolute atomic E-state index is 0.0442. The molecule has 0 saturated carbocycles. The Labute approximate surface area is 193 Å². The van der Waals surface area contributed by atoms with Crippen LogP contribution in [-0.2, 0) is 4.79 Å². The highest BCUT2D eigenvalue weighted by Gasteiger charge is 2.34. The topological polar surface area (TPSA) is 62.1 Å². The van der Waals surface area contributed by atoms with E-state index in [9.17, 15) is 9.90 Å². The Morgan fingerprint density at radius 2 is 2.00 bits per heavy atom. The van der Waals surface area contributed by atoms with Crippen LogP contribution < -0.4 is 4.74 Å². The predicted octanol–water partition coefficient (Wildman–Crippen LogP) is 6.47. The maximum Gasteiger partial charge on any atom is 0.266 e. The summed E-state index contributed by atoms with van der Waals surface area (Å²) in [7, 11) is 0. The molecule has 2 aromatic rings. The molecule has 1 heterocycles. The van der Waals surface area contributed by atoms with Crippen molar-refractivity contribution in [3.63, 3.8) is 0 Å². The number of rotatable bonds is 6. The molecule has 0 unspecified atom stereocenters. The number of hydrogen-bond donors (Lipinski definition) is 1. The normalized spacial score (nSPS) is 16.9. The second-order valence-electron chi connectivity index (χ2n) is 7.07. The third kappa shape index (κ3) is 5.39. The van der Waals surface area contributed by atoms with Gasteiger partial charge in [0.1, 0.15) is 0 Å². The van der Waals surface area contributed by atoms with Gasteiger partial charge in [0.05, 0.1) is 17.2 Å². The molecule has 5 nitrogen and oxygen atoms in total. The van der Waals surface area contributed by atoms with Gasteiger partial charge in [0.25, 0.3) is 5.91 Å². The number of amides is 1. The number of aromatic hydroxyl groups is 1. The van der Waals surface area contributed by atoms with Crippen LogP contribution in [0.4, 0.5) is 5.69 Å². The van der Waals surface area contributed by atoms with Crippen molar-refractivity contribution in [2.75, 3.05) is 13.2 Å². The first-order valence-electron chi connectivity index (χ1n) is 9.49. The molecule has 1 aliphatic heterocycles. The van der Waals surface area contributed by atoms with E-state index in [1.165, 1.54) is 11.8 Å². The number of thioether (sulfide) groups is 1. The van der Waals surface area contributed by atoms with Gasteiger partial charge in [-0.05, 0) is 72.6 Å². The molecular formula is C22H22BrClN2O3S. The van der Waals surface area contributed by atoms with Gasteiger partial charge in [-0.15, -0.1) is 0 Å². The van der Waals surface area contributed by atoms with Gasteiger partial charge in [-0.2, -0.15) is 0 Å². The fraction of sp³-hybridized carbons (Fsp3) is 0.273. The fourth-order valence-corrected chi connectivity index (χ4v) is 4.40. The molecule has 3 rings (SSSR count). The predicted molar refractivity (Wildman–Crippen MR) is 128 cm³/mol. The Morgan fingerprint density at radius 3 is 2.63 bits per heavy atom. The zero-order valence-electron chi connectivity index (χ0n) is 16.9. The third-order valence-corrected chi connectivity index (χ3v) is 6.10. The Hall–Kier alpha value is -1.96. The Bertz CT molecular complexity index is 1010. The van der Waals surface area contributed by atoms with Crippen molar-refractivity contribution in [1.82, 2.24) is 4.90 Å². The summed E-state index contributed by atoms with van der Waals surface area (Å²) in [5.41, 5.74) is 1.47. The van der Waals surface area contributed by atoms with E-state index in [2.05, 4.69) is 34.8 Å². The minimum atomic E-state index is -0.0978. The number of carbonyl (C=O) groups is 1. The van der Waals surface area contributed by atoms with Crippen molar-refractivity contribution in [3.8, 4) is 11.5 Å². The van der Waals surface area contributed by atoms with Crippen LogP contribution >= 0.6 is 39.3 Å². The lowest BCUT2D eigenvalue weighted by Gasteiger charge is -2.17. The Balaban J connectivity index is 1.99. The van der Waals surface area contributed by atoms with Crippen LogP contribution in [0.1, 0.15) is 26.3 Å². The highest BCUT2D eigenvalue weighted by atomic mass is 79.9. The molecular weight excluding hydrogens is 488 g/mol. The van der Waals surface area contributed by atoms with Crippen LogP contribution in [0.2, 0.25) is 5.02 Å². The van der Waals surface area contributed by atoms with E-state index >= 15 is 0 Å². The summed E-state index contributed by atoms with van der Waals surface area (Å²) < 4.78 is 6.14. The molecule has 0 aliphatic carbocycles. The van der Waals surface area contributed by atoms with Crippen LogP contribution in [0.25, 0.3) is 6.08 Å². The zero-order chi connectivity index (χ0) is 21.8. The molecule has 0 atom stereocenters. The van der Waals surface area contributed by atoms with Crippen molar-refractivity contribution in [2.45, 2.75) is 20.8 Å². The van der Waals surface area contributed by atoms with Crippen LogP contribution in [-0.4, -0.2) is 34.2 Å². The molecule has 0 spiro atoms. The average molecular weight is 510 g/mol. The summed E-state index contributed by atoms with van der Waals surface area (Å²) >= 11 is 10.7.